The Bertz CT molecular complexity index is 913. The van der Waals surface area contributed by atoms with Gasteiger partial charge in [-0.15, -0.1) is 0 Å². The molecule has 0 atom stereocenters. The zero-order valence-electron chi connectivity index (χ0n) is 15.2. The van der Waals surface area contributed by atoms with Gasteiger partial charge in [0.2, 0.25) is 5.88 Å². The van der Waals surface area contributed by atoms with Gasteiger partial charge in [-0.05, 0) is 49.1 Å². The van der Waals surface area contributed by atoms with Crippen molar-refractivity contribution in [2.24, 2.45) is 0 Å². The molecule has 28 heavy (non-hydrogen) atoms. The second-order valence-corrected chi connectivity index (χ2v) is 7.03. The summed E-state index contributed by atoms with van der Waals surface area (Å²) in [6.07, 6.45) is 8.66. The smallest absolute Gasteiger partial charge is 0.224 e. The minimum atomic E-state index is 0.468. The Morgan fingerprint density at radius 3 is 2.18 bits per heavy atom. The van der Waals surface area contributed by atoms with Crippen LogP contribution in [0.1, 0.15) is 12.8 Å². The van der Waals surface area contributed by atoms with Crippen molar-refractivity contribution in [2.45, 2.75) is 12.8 Å². The maximum Gasteiger partial charge on any atom is 0.224 e. The van der Waals surface area contributed by atoms with Crippen molar-refractivity contribution in [3.63, 3.8) is 0 Å². The highest BCUT2D eigenvalue weighted by atomic mass is 32.2. The number of hydrogen-bond acceptors (Lipinski definition) is 5. The van der Waals surface area contributed by atoms with Gasteiger partial charge < -0.3 is 14.2 Å². The van der Waals surface area contributed by atoms with Crippen molar-refractivity contribution in [3.05, 3.63) is 95.9 Å². The number of nitrogens with zero attached hydrogens (tertiary/aromatic N) is 1. The Balaban J connectivity index is 1.56. The zero-order chi connectivity index (χ0) is 19.0. The molecule has 0 fully saturated rings. The molecule has 0 aliphatic heterocycles. The molecule has 2 aromatic carbocycles. The van der Waals surface area contributed by atoms with Crippen molar-refractivity contribution in [2.75, 3.05) is 4.72 Å². The molecule has 1 aliphatic rings. The summed E-state index contributed by atoms with van der Waals surface area (Å²) in [6.45, 7) is 0. The van der Waals surface area contributed by atoms with Crippen LogP contribution in [0.25, 0.3) is 0 Å². The Labute approximate surface area is 169 Å². The predicted molar refractivity (Wildman–Crippen MR) is 115 cm³/mol. The highest BCUT2D eigenvalue weighted by Gasteiger charge is 2.08. The van der Waals surface area contributed by atoms with E-state index in [0.29, 0.717) is 17.4 Å². The van der Waals surface area contributed by atoms with E-state index in [-0.39, 0.29) is 0 Å². The predicted octanol–water partition coefficient (Wildman–Crippen LogP) is 6.96. The number of anilines is 1. The first-order valence-electron chi connectivity index (χ1n) is 9.13. The Morgan fingerprint density at radius 1 is 0.786 bits per heavy atom. The van der Waals surface area contributed by atoms with Crippen LogP contribution < -0.4 is 14.2 Å². The normalized spacial score (nSPS) is 12.9. The van der Waals surface area contributed by atoms with Gasteiger partial charge in [0.1, 0.15) is 23.1 Å². The summed E-state index contributed by atoms with van der Waals surface area (Å²) < 4.78 is 15.2. The van der Waals surface area contributed by atoms with E-state index in [0.717, 1.165) is 24.3 Å². The van der Waals surface area contributed by atoms with Crippen molar-refractivity contribution in [3.8, 4) is 23.1 Å². The lowest BCUT2D eigenvalue weighted by atomic mass is 10.2. The number of aromatic nitrogens is 1. The maximum atomic E-state index is 5.99. The van der Waals surface area contributed by atoms with Crippen LogP contribution in [0, 0.1) is 0 Å². The van der Waals surface area contributed by atoms with Gasteiger partial charge >= 0.3 is 0 Å². The van der Waals surface area contributed by atoms with Crippen LogP contribution in [-0.4, -0.2) is 4.98 Å². The van der Waals surface area contributed by atoms with E-state index in [1.54, 1.807) is 6.07 Å². The Hall–Kier alpha value is -3.18. The highest BCUT2D eigenvalue weighted by molar-refractivity contribution is 8.04. The van der Waals surface area contributed by atoms with Crippen LogP contribution in [0.2, 0.25) is 0 Å². The second-order valence-electron chi connectivity index (χ2n) is 6.15. The van der Waals surface area contributed by atoms with Gasteiger partial charge in [0, 0.05) is 17.0 Å². The molecule has 0 radical (unpaired) electrons. The molecule has 0 unspecified atom stereocenters. The third-order valence-corrected chi connectivity index (χ3v) is 4.80. The average molecular weight is 388 g/mol. The summed E-state index contributed by atoms with van der Waals surface area (Å²) in [5.74, 6) is 3.28. The molecule has 0 spiro atoms. The molecule has 0 saturated heterocycles. The van der Waals surface area contributed by atoms with Crippen molar-refractivity contribution in [1.29, 1.82) is 0 Å². The third-order valence-electron chi connectivity index (χ3n) is 3.95. The molecule has 3 aromatic rings. The fourth-order valence-electron chi connectivity index (χ4n) is 2.66. The largest absolute Gasteiger partial charge is 0.457 e. The zero-order valence-corrected chi connectivity index (χ0v) is 16.1. The van der Waals surface area contributed by atoms with Gasteiger partial charge in [-0.2, -0.15) is 4.98 Å². The first-order valence-corrected chi connectivity index (χ1v) is 9.94. The van der Waals surface area contributed by atoms with Crippen LogP contribution >= 0.6 is 11.9 Å². The molecule has 1 N–H and O–H groups in total. The molecular formula is C23H20N2O2S. The van der Waals surface area contributed by atoms with E-state index >= 15 is 0 Å². The second kappa shape index (κ2) is 9.15. The number of nitrogens with one attached hydrogen (secondary N) is 1. The molecule has 5 heteroatoms. The molecular weight excluding hydrogens is 368 g/mol. The highest BCUT2D eigenvalue weighted by Crippen LogP contribution is 2.32. The monoisotopic (exact) mass is 388 g/mol. The number of para-hydroxylation sites is 2. The van der Waals surface area contributed by atoms with Crippen LogP contribution in [0.4, 0.5) is 5.82 Å². The number of pyridine rings is 1. The quantitative estimate of drug-likeness (QED) is 0.443. The summed E-state index contributed by atoms with van der Waals surface area (Å²) in [4.78, 5) is 5.74. The number of hydrogen-bond donors (Lipinski definition) is 1. The molecule has 0 amide bonds. The molecule has 140 valence electrons. The van der Waals surface area contributed by atoms with Gasteiger partial charge in [0.15, 0.2) is 0 Å². The number of ether oxygens (including phenoxy) is 2. The van der Waals surface area contributed by atoms with E-state index in [9.17, 15) is 0 Å². The van der Waals surface area contributed by atoms with Gasteiger partial charge in [-0.25, -0.2) is 0 Å². The van der Waals surface area contributed by atoms with Crippen LogP contribution in [-0.2, 0) is 0 Å². The Morgan fingerprint density at radius 2 is 1.50 bits per heavy atom. The summed E-state index contributed by atoms with van der Waals surface area (Å²) >= 11 is 1.53. The topological polar surface area (TPSA) is 43.4 Å². The minimum Gasteiger partial charge on any atom is -0.457 e. The summed E-state index contributed by atoms with van der Waals surface area (Å²) in [5, 5.41) is 0. The lowest BCUT2D eigenvalue weighted by Crippen LogP contribution is -1.96. The molecule has 1 aromatic heterocycles. The SMILES string of the molecule is C1=CC(SNc2cc(Oc3ccccc3)cc(Oc3ccccc3)n2)=CCC1. The van der Waals surface area contributed by atoms with E-state index in [1.165, 1.54) is 16.9 Å². The molecule has 0 bridgehead atoms. The number of rotatable bonds is 7. The maximum absolute atomic E-state index is 5.99. The van der Waals surface area contributed by atoms with E-state index < -0.39 is 0 Å². The first-order chi connectivity index (χ1) is 13.8. The van der Waals surface area contributed by atoms with E-state index in [1.807, 2.05) is 66.7 Å². The molecule has 4 rings (SSSR count). The fourth-order valence-corrected chi connectivity index (χ4v) is 3.35. The minimum absolute atomic E-state index is 0.468. The van der Waals surface area contributed by atoms with Gasteiger partial charge in [-0.3, -0.25) is 0 Å². The molecule has 0 saturated carbocycles. The fraction of sp³-hybridized carbons (Fsp3) is 0.0870. The van der Waals surface area contributed by atoms with Crippen LogP contribution in [0.15, 0.2) is 95.9 Å². The molecule has 1 aliphatic carbocycles. The molecule has 4 nitrogen and oxygen atoms in total. The Kier molecular flexibility index (Phi) is 5.95. The van der Waals surface area contributed by atoms with Gasteiger partial charge in [0.25, 0.3) is 0 Å². The number of allylic oxidation sites excluding steroid dienone is 3. The average Bonchev–Trinajstić information content (AvgIpc) is 2.74. The van der Waals surface area contributed by atoms with Crippen molar-refractivity contribution >= 4 is 17.8 Å². The van der Waals surface area contributed by atoms with Crippen LogP contribution in [0.5, 0.6) is 23.1 Å². The first kappa shape index (κ1) is 18.2. The summed E-state index contributed by atoms with van der Waals surface area (Å²) in [6, 6.07) is 22.9. The lowest BCUT2D eigenvalue weighted by Gasteiger charge is -2.13. The third kappa shape index (κ3) is 5.18. The van der Waals surface area contributed by atoms with Crippen molar-refractivity contribution < 1.29 is 9.47 Å². The van der Waals surface area contributed by atoms with E-state index in [2.05, 4.69) is 27.9 Å². The standard InChI is InChI=1S/C23H20N2O2S/c1-4-10-18(11-5-1)26-20-16-22(25-28-21-14-8-3-9-15-21)24-23(17-20)27-19-12-6-2-7-13-19/h1-2,4-8,10-17H,3,9H2,(H,24,25). The summed E-state index contributed by atoms with van der Waals surface area (Å²) in [7, 11) is 0. The van der Waals surface area contributed by atoms with Crippen molar-refractivity contribution in [1.82, 2.24) is 4.98 Å². The summed E-state index contributed by atoms with van der Waals surface area (Å²) in [5.41, 5.74) is 0. The van der Waals surface area contributed by atoms with Gasteiger partial charge in [-0.1, -0.05) is 54.6 Å². The lowest BCUT2D eigenvalue weighted by molar-refractivity contribution is 0.447. The van der Waals surface area contributed by atoms with Crippen LogP contribution in [0.3, 0.4) is 0 Å². The molecule has 1 heterocycles. The van der Waals surface area contributed by atoms with E-state index in [4.69, 9.17) is 9.47 Å². The van der Waals surface area contributed by atoms with Gasteiger partial charge in [0.05, 0.1) is 0 Å². The number of benzene rings is 2.